The molecule has 0 radical (unpaired) electrons. The number of aryl methyl sites for hydroxylation is 1. The number of rotatable bonds is 7. The van der Waals surface area contributed by atoms with Crippen molar-refractivity contribution in [1.82, 2.24) is 20.4 Å². The third-order valence-electron chi connectivity index (χ3n) is 6.71. The minimum Gasteiger partial charge on any atom is -0.438 e. The first-order valence-corrected chi connectivity index (χ1v) is 13.9. The van der Waals surface area contributed by atoms with E-state index in [9.17, 15) is 0 Å². The minimum atomic E-state index is -0.609. The van der Waals surface area contributed by atoms with E-state index in [-0.39, 0.29) is 5.96 Å². The molecule has 5 aromatic rings. The first kappa shape index (κ1) is 26.7. The predicted octanol–water partition coefficient (Wildman–Crippen LogP) is 6.54. The van der Waals surface area contributed by atoms with E-state index < -0.39 is 6.17 Å². The second-order valence-corrected chi connectivity index (χ2v) is 10.4. The number of halogens is 2. The summed E-state index contributed by atoms with van der Waals surface area (Å²) >= 11 is 12.8. The minimum absolute atomic E-state index is 0.237. The molecule has 1 aromatic heterocycles. The lowest BCUT2D eigenvalue weighted by atomic mass is 10.1. The highest BCUT2D eigenvalue weighted by atomic mass is 35.5. The third-order valence-corrected chi connectivity index (χ3v) is 7.25. The standard InChI is InChI=1S/C31H27Cl2N7O/c1-19-27(28-36-30(34)38-31(37-28)35-16-15-20-7-3-2-4-8-20)29(40(39-19)26-14-12-23(32)18-25(26)33)41-24-13-11-21-9-5-6-10-22(21)17-24/h2-14,17-18,28H,15-16H2,1H3,(H4,34,35,36,37,38). The van der Waals surface area contributed by atoms with E-state index in [0.717, 1.165) is 17.2 Å². The molecule has 1 aliphatic heterocycles. The topological polar surface area (TPSA) is 102 Å². The molecule has 10 heteroatoms. The van der Waals surface area contributed by atoms with Gasteiger partial charge in [-0.25, -0.2) is 4.99 Å². The third kappa shape index (κ3) is 5.84. The van der Waals surface area contributed by atoms with E-state index in [2.05, 4.69) is 33.8 Å². The number of ether oxygens (including phenoxy) is 1. The zero-order valence-corrected chi connectivity index (χ0v) is 23.7. The molecular formula is C31H27Cl2N7O. The van der Waals surface area contributed by atoms with Crippen LogP contribution < -0.4 is 21.1 Å². The quantitative estimate of drug-likeness (QED) is 0.202. The van der Waals surface area contributed by atoms with Crippen LogP contribution in [0.4, 0.5) is 0 Å². The van der Waals surface area contributed by atoms with Crippen molar-refractivity contribution < 1.29 is 4.74 Å². The summed E-state index contributed by atoms with van der Waals surface area (Å²) in [5.41, 5.74) is 9.43. The summed E-state index contributed by atoms with van der Waals surface area (Å²) in [6, 6.07) is 29.5. The van der Waals surface area contributed by atoms with Crippen molar-refractivity contribution in [2.24, 2.45) is 15.7 Å². The van der Waals surface area contributed by atoms with Gasteiger partial charge in [-0.3, -0.25) is 10.3 Å². The molecule has 1 unspecified atom stereocenters. The van der Waals surface area contributed by atoms with Crippen molar-refractivity contribution in [2.45, 2.75) is 19.5 Å². The normalized spacial score (nSPS) is 15.8. The van der Waals surface area contributed by atoms with Gasteiger partial charge in [0.1, 0.15) is 5.75 Å². The van der Waals surface area contributed by atoms with Gasteiger partial charge in [-0.05, 0) is 60.0 Å². The van der Waals surface area contributed by atoms with Crippen LogP contribution in [0.1, 0.15) is 23.0 Å². The Morgan fingerprint density at radius 2 is 1.73 bits per heavy atom. The largest absolute Gasteiger partial charge is 0.438 e. The molecule has 4 N–H and O–H groups in total. The van der Waals surface area contributed by atoms with Gasteiger partial charge in [-0.1, -0.05) is 83.9 Å². The first-order chi connectivity index (χ1) is 19.9. The molecule has 0 saturated heterocycles. The zero-order valence-electron chi connectivity index (χ0n) is 22.2. The van der Waals surface area contributed by atoms with Crippen molar-refractivity contribution in [3.05, 3.63) is 118 Å². The number of guanidine groups is 2. The van der Waals surface area contributed by atoms with E-state index in [4.69, 9.17) is 43.8 Å². The highest BCUT2D eigenvalue weighted by molar-refractivity contribution is 6.35. The number of benzene rings is 4. The Labute approximate surface area is 247 Å². The van der Waals surface area contributed by atoms with E-state index in [1.165, 1.54) is 5.56 Å². The highest BCUT2D eigenvalue weighted by Gasteiger charge is 2.30. The maximum atomic E-state index is 6.63. The van der Waals surface area contributed by atoms with Gasteiger partial charge >= 0.3 is 0 Å². The van der Waals surface area contributed by atoms with Gasteiger partial charge in [0.25, 0.3) is 0 Å². The predicted molar refractivity (Wildman–Crippen MR) is 165 cm³/mol. The van der Waals surface area contributed by atoms with Gasteiger partial charge in [0.2, 0.25) is 5.88 Å². The van der Waals surface area contributed by atoms with Gasteiger partial charge in [-0.2, -0.15) is 9.78 Å². The molecule has 6 rings (SSSR count). The molecule has 0 saturated carbocycles. The lowest BCUT2D eigenvalue weighted by molar-refractivity contribution is 0.433. The maximum absolute atomic E-state index is 6.63. The van der Waals surface area contributed by atoms with Gasteiger partial charge in [0, 0.05) is 11.6 Å². The van der Waals surface area contributed by atoms with Crippen LogP contribution in [0.5, 0.6) is 11.6 Å². The Morgan fingerprint density at radius 3 is 2.54 bits per heavy atom. The number of aromatic nitrogens is 2. The molecule has 1 aliphatic rings. The van der Waals surface area contributed by atoms with Crippen LogP contribution in [0.2, 0.25) is 10.0 Å². The number of hydrogen-bond donors (Lipinski definition) is 3. The van der Waals surface area contributed by atoms with Crippen molar-refractivity contribution >= 4 is 45.9 Å². The molecule has 41 heavy (non-hydrogen) atoms. The Balaban J connectivity index is 1.39. The molecule has 0 amide bonds. The molecule has 206 valence electrons. The van der Waals surface area contributed by atoms with Crippen LogP contribution in [0, 0.1) is 6.92 Å². The number of fused-ring (bicyclic) bond motifs is 1. The monoisotopic (exact) mass is 583 g/mol. The van der Waals surface area contributed by atoms with Crippen LogP contribution in [0.25, 0.3) is 16.5 Å². The number of nitrogens with one attached hydrogen (secondary N) is 2. The summed E-state index contributed by atoms with van der Waals surface area (Å²) in [7, 11) is 0. The Hall–Kier alpha value is -4.53. The number of nitrogens with zero attached hydrogens (tertiary/aromatic N) is 4. The molecule has 8 nitrogen and oxygen atoms in total. The average Bonchev–Trinajstić information content (AvgIpc) is 3.28. The Kier molecular flexibility index (Phi) is 7.50. The summed E-state index contributed by atoms with van der Waals surface area (Å²) in [6.45, 7) is 2.46. The summed E-state index contributed by atoms with van der Waals surface area (Å²) in [5, 5.41) is 14.3. The van der Waals surface area contributed by atoms with Crippen molar-refractivity contribution in [3.8, 4) is 17.3 Å². The van der Waals surface area contributed by atoms with Gasteiger partial charge in [-0.15, -0.1) is 0 Å². The molecule has 4 aromatic carbocycles. The van der Waals surface area contributed by atoms with Crippen LogP contribution in [-0.2, 0) is 6.42 Å². The van der Waals surface area contributed by atoms with Crippen LogP contribution in [0.15, 0.2) is 101 Å². The van der Waals surface area contributed by atoms with Crippen LogP contribution >= 0.6 is 23.2 Å². The highest BCUT2D eigenvalue weighted by Crippen LogP contribution is 2.38. The second kappa shape index (κ2) is 11.5. The maximum Gasteiger partial charge on any atom is 0.230 e. The summed E-state index contributed by atoms with van der Waals surface area (Å²) in [6.07, 6.45) is 0.180. The summed E-state index contributed by atoms with van der Waals surface area (Å²) in [5.74, 6) is 1.84. The van der Waals surface area contributed by atoms with Gasteiger partial charge in [0.05, 0.1) is 22.0 Å². The first-order valence-electron chi connectivity index (χ1n) is 13.1. The molecule has 0 aliphatic carbocycles. The smallest absolute Gasteiger partial charge is 0.230 e. The fourth-order valence-corrected chi connectivity index (χ4v) is 5.23. The second-order valence-electron chi connectivity index (χ2n) is 9.57. The number of hydrogen-bond acceptors (Lipinski definition) is 5. The molecule has 1 atom stereocenters. The van der Waals surface area contributed by atoms with E-state index in [1.807, 2.05) is 61.5 Å². The lowest BCUT2D eigenvalue weighted by Gasteiger charge is -2.24. The molecular weight excluding hydrogens is 557 g/mol. The number of aliphatic imine (C=N–C) groups is 2. The summed E-state index contributed by atoms with van der Waals surface area (Å²) < 4.78 is 8.24. The molecule has 0 spiro atoms. The summed E-state index contributed by atoms with van der Waals surface area (Å²) in [4.78, 5) is 9.33. The SMILES string of the molecule is Cc1nn(-c2ccc(Cl)cc2Cl)c(Oc2ccc3ccccc3c2)c1C1N=C(N)NC(=NCCc2ccccc2)N1. The van der Waals surface area contributed by atoms with Gasteiger partial charge < -0.3 is 15.8 Å². The fourth-order valence-electron chi connectivity index (χ4n) is 4.74. The van der Waals surface area contributed by atoms with Crippen LogP contribution in [0.3, 0.4) is 0 Å². The van der Waals surface area contributed by atoms with Gasteiger partial charge in [0.15, 0.2) is 18.1 Å². The van der Waals surface area contributed by atoms with E-state index in [0.29, 0.717) is 51.1 Å². The average molecular weight is 585 g/mol. The van der Waals surface area contributed by atoms with E-state index in [1.54, 1.807) is 22.9 Å². The van der Waals surface area contributed by atoms with Crippen molar-refractivity contribution in [2.75, 3.05) is 6.54 Å². The molecule has 0 bridgehead atoms. The van der Waals surface area contributed by atoms with E-state index >= 15 is 0 Å². The van der Waals surface area contributed by atoms with Crippen molar-refractivity contribution in [3.63, 3.8) is 0 Å². The Bertz CT molecular complexity index is 1780. The fraction of sp³-hybridized carbons (Fsp3) is 0.129. The van der Waals surface area contributed by atoms with Crippen LogP contribution in [-0.4, -0.2) is 28.2 Å². The van der Waals surface area contributed by atoms with Crippen molar-refractivity contribution in [1.29, 1.82) is 0 Å². The Morgan fingerprint density at radius 1 is 0.951 bits per heavy atom. The number of nitrogens with two attached hydrogens (primary N) is 1. The zero-order chi connectivity index (χ0) is 28.3. The lowest BCUT2D eigenvalue weighted by Crippen LogP contribution is -2.50. The molecule has 0 fully saturated rings. The molecule has 2 heterocycles.